The molecule has 0 saturated heterocycles. The van der Waals surface area contributed by atoms with Gasteiger partial charge >= 0.3 is 0 Å². The van der Waals surface area contributed by atoms with Gasteiger partial charge in [0.1, 0.15) is 0 Å². The number of anilines is 3. The van der Waals surface area contributed by atoms with Gasteiger partial charge in [0.15, 0.2) is 0 Å². The molecule has 0 fully saturated rings. The fourth-order valence-corrected chi connectivity index (χ4v) is 8.01. The number of hydrogen-bond donors (Lipinski definition) is 0. The highest BCUT2D eigenvalue weighted by Crippen LogP contribution is 2.44. The molecule has 10 rings (SSSR count). The monoisotopic (exact) mass is 647 g/mol. The van der Waals surface area contributed by atoms with Crippen molar-refractivity contribution in [3.63, 3.8) is 0 Å². The van der Waals surface area contributed by atoms with Crippen LogP contribution in [-0.2, 0) is 0 Å². The topological polar surface area (TPSA) is 3.24 Å². The lowest BCUT2D eigenvalue weighted by Gasteiger charge is -2.28. The lowest BCUT2D eigenvalue weighted by Crippen LogP contribution is -2.10. The van der Waals surface area contributed by atoms with E-state index in [1.54, 1.807) is 0 Å². The Morgan fingerprint density at radius 3 is 1.69 bits per heavy atom. The Morgan fingerprint density at radius 1 is 0.275 bits per heavy atom. The summed E-state index contributed by atoms with van der Waals surface area (Å²) < 4.78 is 0. The lowest BCUT2D eigenvalue weighted by atomic mass is 9.90. The first-order chi connectivity index (χ1) is 25.3. The van der Waals surface area contributed by atoms with Crippen LogP contribution in [0.15, 0.2) is 200 Å². The van der Waals surface area contributed by atoms with Crippen LogP contribution in [0.25, 0.3) is 76.1 Å². The molecule has 0 heterocycles. The first-order valence-corrected chi connectivity index (χ1v) is 17.6. The van der Waals surface area contributed by atoms with Crippen LogP contribution in [0, 0.1) is 0 Å². The Labute approximate surface area is 297 Å². The van der Waals surface area contributed by atoms with Crippen molar-refractivity contribution in [2.24, 2.45) is 0 Å². The minimum atomic E-state index is 1.11. The molecule has 238 valence electrons. The second-order valence-corrected chi connectivity index (χ2v) is 13.3. The van der Waals surface area contributed by atoms with E-state index in [4.69, 9.17) is 0 Å². The molecule has 51 heavy (non-hydrogen) atoms. The van der Waals surface area contributed by atoms with Crippen molar-refractivity contribution in [3.05, 3.63) is 200 Å². The zero-order valence-electron chi connectivity index (χ0n) is 28.0. The van der Waals surface area contributed by atoms with E-state index in [0.29, 0.717) is 0 Å². The van der Waals surface area contributed by atoms with Gasteiger partial charge < -0.3 is 4.90 Å². The third-order valence-electron chi connectivity index (χ3n) is 10.4. The summed E-state index contributed by atoms with van der Waals surface area (Å²) in [5.74, 6) is 0. The molecule has 10 aromatic carbocycles. The average molecular weight is 648 g/mol. The first kappa shape index (κ1) is 29.2. The summed E-state index contributed by atoms with van der Waals surface area (Å²) in [4.78, 5) is 2.43. The molecule has 1 heteroatoms. The predicted octanol–water partition coefficient (Wildman–Crippen LogP) is 14.3. The van der Waals surface area contributed by atoms with Crippen molar-refractivity contribution in [1.82, 2.24) is 0 Å². The molecule has 0 spiro atoms. The van der Waals surface area contributed by atoms with Gasteiger partial charge in [-0.15, -0.1) is 0 Å². The molecule has 0 amide bonds. The lowest BCUT2D eigenvalue weighted by molar-refractivity contribution is 1.30. The standard InChI is InChI=1S/C50H33N/c1-2-13-34(14-3-1)37-17-12-18-41(31-37)51(49-33-38-16-5-6-19-42(38)44-21-8-10-23-46(44)49)40-29-27-36(28-30-40)48-32-39-26-25-35-15-4-7-20-43(35)50(39)47-24-11-9-22-45(47)48/h1-33H. The summed E-state index contributed by atoms with van der Waals surface area (Å²) in [5.41, 5.74) is 8.22. The molecule has 0 aromatic heterocycles. The zero-order chi connectivity index (χ0) is 33.7. The first-order valence-electron chi connectivity index (χ1n) is 17.6. The minimum absolute atomic E-state index is 1.11. The van der Waals surface area contributed by atoms with E-state index in [2.05, 4.69) is 205 Å². The maximum Gasteiger partial charge on any atom is 0.0546 e. The van der Waals surface area contributed by atoms with Crippen LogP contribution >= 0.6 is 0 Å². The van der Waals surface area contributed by atoms with E-state index in [1.165, 1.54) is 76.1 Å². The van der Waals surface area contributed by atoms with Gasteiger partial charge in [-0.1, -0.05) is 164 Å². The quantitative estimate of drug-likeness (QED) is 0.168. The number of hydrogen-bond acceptors (Lipinski definition) is 1. The van der Waals surface area contributed by atoms with Gasteiger partial charge in [-0.2, -0.15) is 0 Å². The Morgan fingerprint density at radius 2 is 0.882 bits per heavy atom. The van der Waals surface area contributed by atoms with Crippen LogP contribution < -0.4 is 4.90 Å². The Kier molecular flexibility index (Phi) is 6.89. The SMILES string of the molecule is c1ccc(-c2cccc(N(c3ccc(-c4cc5ccc6ccccc6c5c5ccccc45)cc3)c3cc4ccccc4c4ccccc34)c2)cc1. The van der Waals surface area contributed by atoms with Crippen LogP contribution in [0.3, 0.4) is 0 Å². The molecule has 0 unspecified atom stereocenters. The molecular weight excluding hydrogens is 615 g/mol. The van der Waals surface area contributed by atoms with Crippen molar-refractivity contribution in [3.8, 4) is 22.3 Å². The van der Waals surface area contributed by atoms with Gasteiger partial charge in [0, 0.05) is 16.8 Å². The van der Waals surface area contributed by atoms with Crippen LogP contribution in [-0.4, -0.2) is 0 Å². The Bertz CT molecular complexity index is 2900. The third-order valence-corrected chi connectivity index (χ3v) is 10.4. The van der Waals surface area contributed by atoms with Gasteiger partial charge in [-0.25, -0.2) is 0 Å². The molecule has 0 aliphatic heterocycles. The van der Waals surface area contributed by atoms with E-state index in [1.807, 2.05) is 0 Å². The van der Waals surface area contributed by atoms with Crippen molar-refractivity contribution < 1.29 is 0 Å². The summed E-state index contributed by atoms with van der Waals surface area (Å²) in [6.07, 6.45) is 0. The normalized spacial score (nSPS) is 11.5. The molecule has 1 nitrogen and oxygen atoms in total. The third kappa shape index (κ3) is 4.94. The molecule has 0 atom stereocenters. The maximum absolute atomic E-state index is 2.43. The van der Waals surface area contributed by atoms with E-state index in [-0.39, 0.29) is 0 Å². The highest BCUT2D eigenvalue weighted by atomic mass is 15.1. The molecular formula is C50H33N. The summed E-state index contributed by atoms with van der Waals surface area (Å²) in [6, 6.07) is 73.0. The van der Waals surface area contributed by atoms with E-state index in [9.17, 15) is 0 Å². The van der Waals surface area contributed by atoms with E-state index in [0.717, 1.165) is 17.1 Å². The van der Waals surface area contributed by atoms with E-state index < -0.39 is 0 Å². The fourth-order valence-electron chi connectivity index (χ4n) is 8.01. The van der Waals surface area contributed by atoms with Crippen molar-refractivity contribution in [1.29, 1.82) is 0 Å². The van der Waals surface area contributed by atoms with Crippen LogP contribution in [0.2, 0.25) is 0 Å². The molecule has 10 aromatic rings. The number of fused-ring (bicyclic) bond motifs is 8. The van der Waals surface area contributed by atoms with Gasteiger partial charge in [0.05, 0.1) is 5.69 Å². The second kappa shape index (κ2) is 12.0. The zero-order valence-corrected chi connectivity index (χ0v) is 28.0. The highest BCUT2D eigenvalue weighted by Gasteiger charge is 2.19. The van der Waals surface area contributed by atoms with Gasteiger partial charge in [0.2, 0.25) is 0 Å². The molecule has 0 N–H and O–H groups in total. The smallest absolute Gasteiger partial charge is 0.0546 e. The predicted molar refractivity (Wildman–Crippen MR) is 220 cm³/mol. The van der Waals surface area contributed by atoms with E-state index >= 15 is 0 Å². The molecule has 0 bridgehead atoms. The largest absolute Gasteiger partial charge is 0.310 e. The highest BCUT2D eigenvalue weighted by molar-refractivity contribution is 6.23. The molecule has 0 aliphatic carbocycles. The molecule has 0 radical (unpaired) electrons. The summed E-state index contributed by atoms with van der Waals surface area (Å²) >= 11 is 0. The van der Waals surface area contributed by atoms with Crippen LogP contribution in [0.5, 0.6) is 0 Å². The van der Waals surface area contributed by atoms with Crippen molar-refractivity contribution >= 4 is 70.9 Å². The molecule has 0 aliphatic rings. The Balaban J connectivity index is 1.18. The van der Waals surface area contributed by atoms with Crippen LogP contribution in [0.1, 0.15) is 0 Å². The second-order valence-electron chi connectivity index (χ2n) is 13.3. The van der Waals surface area contributed by atoms with Crippen molar-refractivity contribution in [2.45, 2.75) is 0 Å². The Hall–Kier alpha value is -6.70. The number of benzene rings is 10. The van der Waals surface area contributed by atoms with Gasteiger partial charge in [-0.3, -0.25) is 0 Å². The summed E-state index contributed by atoms with van der Waals surface area (Å²) in [6.45, 7) is 0. The van der Waals surface area contributed by atoms with Crippen LogP contribution in [0.4, 0.5) is 17.1 Å². The molecule has 0 saturated carbocycles. The maximum atomic E-state index is 2.43. The summed E-state index contributed by atoms with van der Waals surface area (Å²) in [5, 5.41) is 12.7. The van der Waals surface area contributed by atoms with Crippen molar-refractivity contribution in [2.75, 3.05) is 4.90 Å². The fraction of sp³-hybridized carbons (Fsp3) is 0. The minimum Gasteiger partial charge on any atom is -0.310 e. The van der Waals surface area contributed by atoms with Gasteiger partial charge in [0.25, 0.3) is 0 Å². The average Bonchev–Trinajstić information content (AvgIpc) is 3.21. The summed E-state index contributed by atoms with van der Waals surface area (Å²) in [7, 11) is 0. The number of nitrogens with zero attached hydrogens (tertiary/aromatic N) is 1. The van der Waals surface area contributed by atoms with Gasteiger partial charge in [-0.05, 0) is 107 Å². The number of rotatable bonds is 5.